The molecule has 192 valence electrons. The minimum atomic E-state index is 0.0126. The van der Waals surface area contributed by atoms with Crippen molar-refractivity contribution in [2.24, 2.45) is 11.8 Å². The Bertz CT molecular complexity index is 1100. The normalized spacial score (nSPS) is 13.4. The zero-order valence-corrected chi connectivity index (χ0v) is 22.6. The Morgan fingerprint density at radius 3 is 2.25 bits per heavy atom. The molecule has 1 N–H and O–H groups in total. The van der Waals surface area contributed by atoms with E-state index in [1.807, 2.05) is 12.1 Å². The van der Waals surface area contributed by atoms with Gasteiger partial charge in [-0.3, -0.25) is 4.79 Å². The standard InChI is InChI=1S/C32H43N3O/c1-24(2)22-34(23-25(3)4)20-10-19-33-32(36)27-15-17-29(18-16-27)35-30-14-9-8-13-28(30)21-31(35)26-11-6-5-7-12-26/h5-7,11-12,15-18,21,24-25H,8-10,13-14,19-20,22-23H2,1-4H3,(H,33,36). The molecule has 0 aliphatic heterocycles. The molecule has 0 saturated heterocycles. The molecule has 0 fully saturated rings. The highest BCUT2D eigenvalue weighted by molar-refractivity contribution is 5.94. The Hall–Kier alpha value is -2.85. The summed E-state index contributed by atoms with van der Waals surface area (Å²) >= 11 is 0. The van der Waals surface area contributed by atoms with Crippen molar-refractivity contribution in [2.45, 2.75) is 59.8 Å². The predicted octanol–water partition coefficient (Wildman–Crippen LogP) is 6.76. The van der Waals surface area contributed by atoms with Crippen LogP contribution in [0.5, 0.6) is 0 Å². The van der Waals surface area contributed by atoms with Crippen LogP contribution in [0.4, 0.5) is 0 Å². The molecule has 1 aliphatic carbocycles. The van der Waals surface area contributed by atoms with E-state index in [-0.39, 0.29) is 5.91 Å². The van der Waals surface area contributed by atoms with Gasteiger partial charge in [-0.1, -0.05) is 58.0 Å². The number of hydrogen-bond acceptors (Lipinski definition) is 2. The van der Waals surface area contributed by atoms with Crippen molar-refractivity contribution in [1.29, 1.82) is 0 Å². The van der Waals surface area contributed by atoms with Crippen LogP contribution in [-0.4, -0.2) is 41.6 Å². The maximum absolute atomic E-state index is 12.8. The van der Waals surface area contributed by atoms with Crippen LogP contribution in [-0.2, 0) is 12.8 Å². The lowest BCUT2D eigenvalue weighted by Gasteiger charge is -2.26. The van der Waals surface area contributed by atoms with Gasteiger partial charge in [0.1, 0.15) is 0 Å². The van der Waals surface area contributed by atoms with Crippen molar-refractivity contribution in [3.63, 3.8) is 0 Å². The number of aryl methyl sites for hydroxylation is 1. The van der Waals surface area contributed by atoms with Gasteiger partial charge in [0, 0.05) is 36.6 Å². The first-order chi connectivity index (χ1) is 17.4. The second-order valence-electron chi connectivity index (χ2n) is 11.1. The Labute approximate surface area is 217 Å². The summed E-state index contributed by atoms with van der Waals surface area (Å²) in [6.07, 6.45) is 5.72. The van der Waals surface area contributed by atoms with E-state index in [1.54, 1.807) is 0 Å². The van der Waals surface area contributed by atoms with Gasteiger partial charge in [0.2, 0.25) is 0 Å². The SMILES string of the molecule is CC(C)CN(CCCNC(=O)c1ccc(-n2c(-c3ccccc3)cc3c2CCCC3)cc1)CC(C)C. The number of carbonyl (C=O) groups excluding carboxylic acids is 1. The van der Waals surface area contributed by atoms with Crippen LogP contribution in [0.1, 0.15) is 68.6 Å². The second kappa shape index (κ2) is 12.4. The predicted molar refractivity (Wildman–Crippen MR) is 151 cm³/mol. The monoisotopic (exact) mass is 485 g/mol. The number of benzene rings is 2. The molecule has 0 bridgehead atoms. The van der Waals surface area contributed by atoms with Crippen LogP contribution < -0.4 is 5.32 Å². The number of rotatable bonds is 11. The smallest absolute Gasteiger partial charge is 0.251 e. The second-order valence-corrected chi connectivity index (χ2v) is 11.1. The van der Waals surface area contributed by atoms with Gasteiger partial charge in [0.05, 0.1) is 5.69 Å². The van der Waals surface area contributed by atoms with Crippen LogP contribution >= 0.6 is 0 Å². The number of hydrogen-bond donors (Lipinski definition) is 1. The summed E-state index contributed by atoms with van der Waals surface area (Å²) in [5.41, 5.74) is 7.22. The molecule has 0 unspecified atom stereocenters. The Morgan fingerprint density at radius 1 is 0.917 bits per heavy atom. The molecule has 1 aliphatic rings. The first-order valence-electron chi connectivity index (χ1n) is 13.8. The van der Waals surface area contributed by atoms with E-state index >= 15 is 0 Å². The fourth-order valence-corrected chi connectivity index (χ4v) is 5.47. The number of nitrogens with zero attached hydrogens (tertiary/aromatic N) is 2. The summed E-state index contributed by atoms with van der Waals surface area (Å²) < 4.78 is 2.41. The fourth-order valence-electron chi connectivity index (χ4n) is 5.47. The zero-order chi connectivity index (χ0) is 25.5. The summed E-state index contributed by atoms with van der Waals surface area (Å²) in [7, 11) is 0. The van der Waals surface area contributed by atoms with Gasteiger partial charge in [-0.05, 0) is 91.9 Å². The maximum Gasteiger partial charge on any atom is 0.251 e. The number of fused-ring (bicyclic) bond motifs is 1. The van der Waals surface area contributed by atoms with E-state index in [1.165, 1.54) is 35.4 Å². The van der Waals surface area contributed by atoms with E-state index in [0.717, 1.165) is 50.1 Å². The highest BCUT2D eigenvalue weighted by Gasteiger charge is 2.20. The molecule has 0 spiro atoms. The van der Waals surface area contributed by atoms with Crippen molar-refractivity contribution in [1.82, 2.24) is 14.8 Å². The first kappa shape index (κ1) is 26.2. The summed E-state index contributed by atoms with van der Waals surface area (Å²) in [6, 6.07) is 21.1. The topological polar surface area (TPSA) is 37.3 Å². The molecule has 4 heteroatoms. The van der Waals surface area contributed by atoms with Gasteiger partial charge in [0.25, 0.3) is 5.91 Å². The van der Waals surface area contributed by atoms with Gasteiger partial charge >= 0.3 is 0 Å². The minimum absolute atomic E-state index is 0.0126. The van der Waals surface area contributed by atoms with E-state index in [9.17, 15) is 4.79 Å². The fraction of sp³-hybridized carbons (Fsp3) is 0.469. The third-order valence-electron chi connectivity index (χ3n) is 6.94. The quantitative estimate of drug-likeness (QED) is 0.305. The lowest BCUT2D eigenvalue weighted by molar-refractivity contribution is 0.0951. The molecule has 36 heavy (non-hydrogen) atoms. The Morgan fingerprint density at radius 2 is 1.58 bits per heavy atom. The van der Waals surface area contributed by atoms with Gasteiger partial charge in [0.15, 0.2) is 0 Å². The lowest BCUT2D eigenvalue weighted by atomic mass is 9.98. The molecule has 0 saturated carbocycles. The minimum Gasteiger partial charge on any atom is -0.352 e. The summed E-state index contributed by atoms with van der Waals surface area (Å²) in [4.78, 5) is 15.4. The average Bonchev–Trinajstić information content (AvgIpc) is 3.26. The molecule has 4 nitrogen and oxygen atoms in total. The summed E-state index contributed by atoms with van der Waals surface area (Å²) in [5, 5.41) is 3.13. The van der Waals surface area contributed by atoms with Gasteiger partial charge in [-0.25, -0.2) is 0 Å². The van der Waals surface area contributed by atoms with Crippen molar-refractivity contribution in [3.8, 4) is 16.9 Å². The van der Waals surface area contributed by atoms with Crippen LogP contribution in [0.15, 0.2) is 60.7 Å². The third kappa shape index (κ3) is 6.67. The zero-order valence-electron chi connectivity index (χ0n) is 22.6. The summed E-state index contributed by atoms with van der Waals surface area (Å²) in [5.74, 6) is 1.33. The molecule has 0 radical (unpaired) electrons. The molecular formula is C32H43N3O. The van der Waals surface area contributed by atoms with E-state index in [0.29, 0.717) is 18.4 Å². The Balaban J connectivity index is 1.42. The van der Waals surface area contributed by atoms with E-state index in [2.05, 4.69) is 91.0 Å². The molecule has 1 heterocycles. The van der Waals surface area contributed by atoms with Gasteiger partial charge in [-0.2, -0.15) is 0 Å². The van der Waals surface area contributed by atoms with Crippen LogP contribution in [0.2, 0.25) is 0 Å². The van der Waals surface area contributed by atoms with Gasteiger partial charge in [-0.15, -0.1) is 0 Å². The molecule has 1 aromatic heterocycles. The Kier molecular flexibility index (Phi) is 9.03. The number of aromatic nitrogens is 1. The van der Waals surface area contributed by atoms with E-state index < -0.39 is 0 Å². The average molecular weight is 486 g/mol. The molecule has 0 atom stereocenters. The van der Waals surface area contributed by atoms with Crippen molar-refractivity contribution < 1.29 is 4.79 Å². The van der Waals surface area contributed by atoms with Crippen LogP contribution in [0, 0.1) is 11.8 Å². The highest BCUT2D eigenvalue weighted by atomic mass is 16.1. The highest BCUT2D eigenvalue weighted by Crippen LogP contribution is 2.33. The van der Waals surface area contributed by atoms with Gasteiger partial charge < -0.3 is 14.8 Å². The van der Waals surface area contributed by atoms with Crippen molar-refractivity contribution >= 4 is 5.91 Å². The largest absolute Gasteiger partial charge is 0.352 e. The third-order valence-corrected chi connectivity index (χ3v) is 6.94. The number of amides is 1. The van der Waals surface area contributed by atoms with Crippen molar-refractivity contribution in [2.75, 3.05) is 26.2 Å². The number of nitrogens with one attached hydrogen (secondary N) is 1. The number of carbonyl (C=O) groups is 1. The van der Waals surface area contributed by atoms with Crippen molar-refractivity contribution in [3.05, 3.63) is 77.5 Å². The maximum atomic E-state index is 12.8. The summed E-state index contributed by atoms with van der Waals surface area (Å²) in [6.45, 7) is 13.0. The molecular weight excluding hydrogens is 442 g/mol. The molecule has 2 aromatic carbocycles. The van der Waals surface area contributed by atoms with Crippen LogP contribution in [0.25, 0.3) is 16.9 Å². The first-order valence-corrected chi connectivity index (χ1v) is 13.8. The molecule has 3 aromatic rings. The lowest BCUT2D eigenvalue weighted by Crippen LogP contribution is -2.34. The molecule has 1 amide bonds. The molecule has 4 rings (SSSR count). The van der Waals surface area contributed by atoms with Crippen LogP contribution in [0.3, 0.4) is 0 Å². The van der Waals surface area contributed by atoms with E-state index in [4.69, 9.17) is 0 Å².